The maximum Gasteiger partial charge on any atom is 0.240 e. The molecule has 21 heavy (non-hydrogen) atoms. The summed E-state index contributed by atoms with van der Waals surface area (Å²) in [6.07, 6.45) is -0.321. The zero-order valence-electron chi connectivity index (χ0n) is 10.9. The third-order valence-electron chi connectivity index (χ3n) is 3.94. The predicted molar refractivity (Wildman–Crippen MR) is 81.2 cm³/mol. The van der Waals surface area contributed by atoms with Gasteiger partial charge in [0.05, 0.1) is 16.4 Å². The summed E-state index contributed by atoms with van der Waals surface area (Å²) in [7, 11) is 0. The third kappa shape index (κ3) is 1.94. The first kappa shape index (κ1) is 13.1. The highest BCUT2D eigenvalue weighted by molar-refractivity contribution is 7.19. The Bertz CT molecular complexity index is 760. The van der Waals surface area contributed by atoms with Crippen molar-refractivity contribution in [1.29, 1.82) is 0 Å². The average molecular weight is 322 g/mol. The first-order valence-electron chi connectivity index (χ1n) is 6.65. The standard InChI is InChI=1S/C14H12ClN3O2S/c15-11-7-3-1-2-4-9(7)21-12(11)13-17-14(20)8-5-16-10(19)6-18(8)13/h1-4,8,13H,5-6H2,(H,16,19)(H,17,20). The Balaban J connectivity index is 1.79. The van der Waals surface area contributed by atoms with Crippen molar-refractivity contribution in [2.45, 2.75) is 12.2 Å². The van der Waals surface area contributed by atoms with Gasteiger partial charge < -0.3 is 10.6 Å². The molecule has 1 aromatic carbocycles. The van der Waals surface area contributed by atoms with Gasteiger partial charge in [0.25, 0.3) is 0 Å². The van der Waals surface area contributed by atoms with E-state index in [1.165, 1.54) is 0 Å². The lowest BCUT2D eigenvalue weighted by Gasteiger charge is -2.30. The van der Waals surface area contributed by atoms with Crippen LogP contribution in [0.15, 0.2) is 24.3 Å². The van der Waals surface area contributed by atoms with Gasteiger partial charge in [-0.05, 0) is 6.07 Å². The fourth-order valence-corrected chi connectivity index (χ4v) is 4.52. The smallest absolute Gasteiger partial charge is 0.240 e. The summed E-state index contributed by atoms with van der Waals surface area (Å²) in [6.45, 7) is 0.558. The van der Waals surface area contributed by atoms with E-state index >= 15 is 0 Å². The minimum Gasteiger partial charge on any atom is -0.353 e. The molecule has 0 bridgehead atoms. The number of hydrogen-bond acceptors (Lipinski definition) is 4. The first-order chi connectivity index (χ1) is 10.1. The molecule has 2 aliphatic heterocycles. The van der Waals surface area contributed by atoms with Crippen LogP contribution in [0.25, 0.3) is 10.1 Å². The van der Waals surface area contributed by atoms with Crippen LogP contribution in [0.1, 0.15) is 11.0 Å². The number of halogens is 1. The van der Waals surface area contributed by atoms with Crippen molar-refractivity contribution >= 4 is 44.8 Å². The molecule has 0 spiro atoms. The maximum atomic E-state index is 12.1. The highest BCUT2D eigenvalue weighted by Gasteiger charge is 2.45. The van der Waals surface area contributed by atoms with E-state index in [-0.39, 0.29) is 30.6 Å². The van der Waals surface area contributed by atoms with Crippen LogP contribution in [-0.4, -0.2) is 35.8 Å². The Morgan fingerprint density at radius 1 is 1.29 bits per heavy atom. The van der Waals surface area contributed by atoms with Gasteiger partial charge in [-0.2, -0.15) is 0 Å². The SMILES string of the molecule is O=C1CN2C(CN1)C(=O)NC2c1sc2ccccc2c1Cl. The van der Waals surface area contributed by atoms with E-state index < -0.39 is 0 Å². The molecule has 2 N–H and O–H groups in total. The van der Waals surface area contributed by atoms with Gasteiger partial charge in [0.15, 0.2) is 0 Å². The Hall–Kier alpha value is -1.63. The molecule has 7 heteroatoms. The molecule has 0 saturated carbocycles. The third-order valence-corrected chi connectivity index (χ3v) is 5.68. The first-order valence-corrected chi connectivity index (χ1v) is 7.84. The van der Waals surface area contributed by atoms with E-state index in [1.807, 2.05) is 29.2 Å². The van der Waals surface area contributed by atoms with E-state index in [2.05, 4.69) is 10.6 Å². The molecule has 2 amide bonds. The highest BCUT2D eigenvalue weighted by atomic mass is 35.5. The number of carbonyl (C=O) groups excluding carboxylic acids is 2. The molecular formula is C14H12ClN3O2S. The molecule has 0 radical (unpaired) electrons. The number of rotatable bonds is 1. The molecule has 2 aromatic rings. The van der Waals surface area contributed by atoms with Gasteiger partial charge in [-0.3, -0.25) is 14.5 Å². The van der Waals surface area contributed by atoms with E-state index in [0.717, 1.165) is 15.0 Å². The van der Waals surface area contributed by atoms with Gasteiger partial charge in [-0.25, -0.2) is 0 Å². The molecule has 3 heterocycles. The van der Waals surface area contributed by atoms with Gasteiger partial charge in [-0.15, -0.1) is 11.3 Å². The molecular weight excluding hydrogens is 310 g/mol. The van der Waals surface area contributed by atoms with Crippen LogP contribution in [0.3, 0.4) is 0 Å². The van der Waals surface area contributed by atoms with E-state index in [9.17, 15) is 9.59 Å². The molecule has 2 fully saturated rings. The van der Waals surface area contributed by atoms with Crippen molar-refractivity contribution in [1.82, 2.24) is 15.5 Å². The van der Waals surface area contributed by atoms with Crippen LogP contribution < -0.4 is 10.6 Å². The summed E-state index contributed by atoms with van der Waals surface area (Å²) in [5.41, 5.74) is 0. The minimum absolute atomic E-state index is 0.0616. The predicted octanol–water partition coefficient (Wildman–Crippen LogP) is 1.48. The van der Waals surface area contributed by atoms with Gasteiger partial charge in [0.1, 0.15) is 12.2 Å². The molecule has 2 unspecified atom stereocenters. The van der Waals surface area contributed by atoms with Gasteiger partial charge in [0.2, 0.25) is 11.8 Å². The summed E-state index contributed by atoms with van der Waals surface area (Å²) in [4.78, 5) is 26.5. The molecule has 108 valence electrons. The van der Waals surface area contributed by atoms with Crippen LogP contribution in [-0.2, 0) is 9.59 Å². The number of nitrogens with zero attached hydrogens (tertiary/aromatic N) is 1. The fraction of sp³-hybridized carbons (Fsp3) is 0.286. The lowest BCUT2D eigenvalue weighted by atomic mass is 10.2. The number of hydrogen-bond donors (Lipinski definition) is 2. The van der Waals surface area contributed by atoms with Crippen molar-refractivity contribution in [2.75, 3.05) is 13.1 Å². The van der Waals surface area contributed by atoms with Crippen molar-refractivity contribution in [2.24, 2.45) is 0 Å². The number of nitrogens with one attached hydrogen (secondary N) is 2. The normalized spacial score (nSPS) is 25.8. The zero-order chi connectivity index (χ0) is 14.6. The summed E-state index contributed by atoms with van der Waals surface area (Å²) in [6, 6.07) is 7.56. The van der Waals surface area contributed by atoms with Crippen molar-refractivity contribution in [3.8, 4) is 0 Å². The van der Waals surface area contributed by atoms with Crippen LogP contribution >= 0.6 is 22.9 Å². The molecule has 2 saturated heterocycles. The summed E-state index contributed by atoms with van der Waals surface area (Å²) >= 11 is 8.04. The van der Waals surface area contributed by atoms with Crippen molar-refractivity contribution in [3.05, 3.63) is 34.2 Å². The fourth-order valence-electron chi connectivity index (χ4n) is 2.91. The average Bonchev–Trinajstić information content (AvgIpc) is 2.98. The van der Waals surface area contributed by atoms with Crippen LogP contribution in [0.2, 0.25) is 5.02 Å². The molecule has 0 aliphatic carbocycles. The molecule has 4 rings (SSSR count). The Morgan fingerprint density at radius 2 is 2.10 bits per heavy atom. The molecule has 5 nitrogen and oxygen atoms in total. The van der Waals surface area contributed by atoms with Crippen LogP contribution in [0.4, 0.5) is 0 Å². The molecule has 2 aliphatic rings. The van der Waals surface area contributed by atoms with E-state index in [0.29, 0.717) is 11.6 Å². The second-order valence-electron chi connectivity index (χ2n) is 5.18. The second kappa shape index (κ2) is 4.69. The van der Waals surface area contributed by atoms with Gasteiger partial charge >= 0.3 is 0 Å². The Kier molecular flexibility index (Phi) is 2.92. The minimum atomic E-state index is -0.321. The number of carbonyl (C=O) groups is 2. The molecule has 2 atom stereocenters. The maximum absolute atomic E-state index is 12.1. The summed E-state index contributed by atoms with van der Waals surface area (Å²) in [5.74, 6) is -0.126. The second-order valence-corrected chi connectivity index (χ2v) is 6.64. The van der Waals surface area contributed by atoms with E-state index in [1.54, 1.807) is 11.3 Å². The number of fused-ring (bicyclic) bond motifs is 2. The molecule has 1 aromatic heterocycles. The van der Waals surface area contributed by atoms with Crippen LogP contribution in [0, 0.1) is 0 Å². The lowest BCUT2D eigenvalue weighted by molar-refractivity contribution is -0.128. The Labute approximate surface area is 129 Å². The largest absolute Gasteiger partial charge is 0.353 e. The van der Waals surface area contributed by atoms with Gasteiger partial charge in [0, 0.05) is 16.6 Å². The zero-order valence-corrected chi connectivity index (χ0v) is 12.5. The number of amides is 2. The van der Waals surface area contributed by atoms with Crippen molar-refractivity contribution in [3.63, 3.8) is 0 Å². The van der Waals surface area contributed by atoms with Crippen molar-refractivity contribution < 1.29 is 9.59 Å². The number of benzene rings is 1. The summed E-state index contributed by atoms with van der Waals surface area (Å²) in [5, 5.41) is 7.33. The lowest BCUT2D eigenvalue weighted by Crippen LogP contribution is -2.53. The number of piperazine rings is 1. The quantitative estimate of drug-likeness (QED) is 0.836. The summed E-state index contributed by atoms with van der Waals surface area (Å²) < 4.78 is 1.08. The monoisotopic (exact) mass is 321 g/mol. The van der Waals surface area contributed by atoms with E-state index in [4.69, 9.17) is 11.6 Å². The Morgan fingerprint density at radius 3 is 2.90 bits per heavy atom. The highest BCUT2D eigenvalue weighted by Crippen LogP contribution is 2.41. The number of thiophene rings is 1. The van der Waals surface area contributed by atoms with Crippen LogP contribution in [0.5, 0.6) is 0 Å². The van der Waals surface area contributed by atoms with Gasteiger partial charge in [-0.1, -0.05) is 29.8 Å². The topological polar surface area (TPSA) is 61.4 Å².